The van der Waals surface area contributed by atoms with Crippen molar-refractivity contribution in [1.29, 1.82) is 0 Å². The minimum atomic E-state index is -1.02. The van der Waals surface area contributed by atoms with Crippen molar-refractivity contribution in [2.75, 3.05) is 5.32 Å². The molecule has 1 aliphatic rings. The summed E-state index contributed by atoms with van der Waals surface area (Å²) in [5, 5.41) is 2.42. The van der Waals surface area contributed by atoms with Gasteiger partial charge in [-0.1, -0.05) is 18.2 Å². The van der Waals surface area contributed by atoms with Gasteiger partial charge in [-0.15, -0.1) is 0 Å². The van der Waals surface area contributed by atoms with Crippen LogP contribution in [0.3, 0.4) is 0 Å². The molecule has 0 bridgehead atoms. The van der Waals surface area contributed by atoms with Gasteiger partial charge in [0.25, 0.3) is 5.91 Å². The third-order valence-corrected chi connectivity index (χ3v) is 4.12. The molecule has 0 saturated carbocycles. The summed E-state index contributed by atoms with van der Waals surface area (Å²) in [4.78, 5) is 24.3. The van der Waals surface area contributed by atoms with Crippen LogP contribution >= 0.6 is 0 Å². The summed E-state index contributed by atoms with van der Waals surface area (Å²) >= 11 is 0. The zero-order chi connectivity index (χ0) is 17.1. The van der Waals surface area contributed by atoms with Gasteiger partial charge in [-0.3, -0.25) is 4.79 Å². The normalized spacial score (nSPS) is 13.9. The van der Waals surface area contributed by atoms with E-state index in [0.717, 1.165) is 24.8 Å². The van der Waals surface area contributed by atoms with Crippen molar-refractivity contribution in [2.45, 2.75) is 32.3 Å². The van der Waals surface area contributed by atoms with Gasteiger partial charge in [-0.05, 0) is 61.6 Å². The second-order valence-electron chi connectivity index (χ2n) is 5.85. The van der Waals surface area contributed by atoms with Gasteiger partial charge in [-0.25, -0.2) is 9.18 Å². The molecule has 1 amide bonds. The van der Waals surface area contributed by atoms with Gasteiger partial charge in [-0.2, -0.15) is 0 Å². The SMILES string of the molecule is C[C@@H](OC(=O)c1ccc2c(c1)CCC2)C(=O)Nc1ccccc1F. The van der Waals surface area contributed by atoms with E-state index in [1.54, 1.807) is 12.1 Å². The molecule has 2 aromatic rings. The first-order valence-electron chi connectivity index (χ1n) is 7.93. The molecule has 0 spiro atoms. The third kappa shape index (κ3) is 3.45. The number of carbonyl (C=O) groups is 2. The smallest absolute Gasteiger partial charge is 0.338 e. The van der Waals surface area contributed by atoms with Crippen molar-refractivity contribution in [3.63, 3.8) is 0 Å². The quantitative estimate of drug-likeness (QED) is 0.875. The van der Waals surface area contributed by atoms with Crippen LogP contribution in [0.2, 0.25) is 0 Å². The lowest BCUT2D eigenvalue weighted by Gasteiger charge is -2.14. The number of amides is 1. The van der Waals surface area contributed by atoms with E-state index in [0.29, 0.717) is 5.56 Å². The fourth-order valence-electron chi connectivity index (χ4n) is 2.78. The summed E-state index contributed by atoms with van der Waals surface area (Å²) in [7, 11) is 0. The maximum atomic E-state index is 13.5. The number of nitrogens with one attached hydrogen (secondary N) is 1. The van der Waals surface area contributed by atoms with Gasteiger partial charge in [0.15, 0.2) is 6.10 Å². The van der Waals surface area contributed by atoms with Crippen LogP contribution in [0.1, 0.15) is 34.8 Å². The van der Waals surface area contributed by atoms with E-state index in [-0.39, 0.29) is 5.69 Å². The van der Waals surface area contributed by atoms with Crippen LogP contribution in [0.4, 0.5) is 10.1 Å². The highest BCUT2D eigenvalue weighted by molar-refractivity contribution is 5.97. The van der Waals surface area contributed by atoms with E-state index in [4.69, 9.17) is 4.74 Å². The van der Waals surface area contributed by atoms with Gasteiger partial charge in [0.1, 0.15) is 5.82 Å². The largest absolute Gasteiger partial charge is 0.449 e. The zero-order valence-electron chi connectivity index (χ0n) is 13.3. The molecule has 1 aliphatic carbocycles. The second-order valence-corrected chi connectivity index (χ2v) is 5.85. The van der Waals surface area contributed by atoms with Crippen LogP contribution in [0.15, 0.2) is 42.5 Å². The Morgan fingerprint density at radius 2 is 1.88 bits per heavy atom. The third-order valence-electron chi connectivity index (χ3n) is 4.12. The molecule has 5 heteroatoms. The van der Waals surface area contributed by atoms with Crippen molar-refractivity contribution >= 4 is 17.6 Å². The number of benzene rings is 2. The topological polar surface area (TPSA) is 55.4 Å². The van der Waals surface area contributed by atoms with Crippen LogP contribution in [0.5, 0.6) is 0 Å². The van der Waals surface area contributed by atoms with Gasteiger partial charge < -0.3 is 10.1 Å². The summed E-state index contributed by atoms with van der Waals surface area (Å²) in [6.45, 7) is 1.46. The number of anilines is 1. The molecule has 24 heavy (non-hydrogen) atoms. The number of carbonyl (C=O) groups excluding carboxylic acids is 2. The molecule has 2 aromatic carbocycles. The summed E-state index contributed by atoms with van der Waals surface area (Å²) in [5.74, 6) is -1.67. The van der Waals surface area contributed by atoms with Crippen LogP contribution < -0.4 is 5.32 Å². The standard InChI is InChI=1S/C19H18FNO3/c1-12(18(22)21-17-8-3-2-7-16(17)20)24-19(23)15-10-9-13-5-4-6-14(13)11-15/h2-3,7-12H,4-6H2,1H3,(H,21,22)/t12-/m1/s1. The Bertz CT molecular complexity index is 788. The molecule has 0 aromatic heterocycles. The van der Waals surface area contributed by atoms with Crippen LogP contribution in [0.25, 0.3) is 0 Å². The molecule has 1 N–H and O–H groups in total. The minimum absolute atomic E-state index is 0.0583. The lowest BCUT2D eigenvalue weighted by Crippen LogP contribution is -2.30. The highest BCUT2D eigenvalue weighted by Gasteiger charge is 2.21. The van der Waals surface area contributed by atoms with Crippen LogP contribution in [-0.2, 0) is 22.4 Å². The first-order valence-corrected chi connectivity index (χ1v) is 7.93. The van der Waals surface area contributed by atoms with Gasteiger partial charge in [0, 0.05) is 0 Å². The highest BCUT2D eigenvalue weighted by atomic mass is 19.1. The zero-order valence-corrected chi connectivity index (χ0v) is 13.3. The molecule has 0 unspecified atom stereocenters. The molecule has 0 aliphatic heterocycles. The van der Waals surface area contributed by atoms with Crippen LogP contribution in [0, 0.1) is 5.82 Å². The predicted molar refractivity (Wildman–Crippen MR) is 88.4 cm³/mol. The molecule has 0 saturated heterocycles. The summed E-state index contributed by atoms with van der Waals surface area (Å²) < 4.78 is 18.7. The van der Waals surface area contributed by atoms with Crippen molar-refractivity contribution in [2.24, 2.45) is 0 Å². The first-order chi connectivity index (χ1) is 11.5. The van der Waals surface area contributed by atoms with E-state index in [1.807, 2.05) is 12.1 Å². The number of hydrogen-bond donors (Lipinski definition) is 1. The number of fused-ring (bicyclic) bond motifs is 1. The molecule has 0 fully saturated rings. The second kappa shape index (κ2) is 6.83. The summed E-state index contributed by atoms with van der Waals surface area (Å²) in [6.07, 6.45) is 2.06. The summed E-state index contributed by atoms with van der Waals surface area (Å²) in [6, 6.07) is 11.3. The molecule has 0 radical (unpaired) electrons. The molecule has 124 valence electrons. The molecule has 3 rings (SSSR count). The molecule has 0 heterocycles. The number of esters is 1. The lowest BCUT2D eigenvalue weighted by molar-refractivity contribution is -0.123. The Kier molecular flexibility index (Phi) is 4.60. The molecular weight excluding hydrogens is 309 g/mol. The first kappa shape index (κ1) is 16.2. The Hall–Kier alpha value is -2.69. The maximum absolute atomic E-state index is 13.5. The van der Waals surface area contributed by atoms with Crippen molar-refractivity contribution in [3.05, 3.63) is 65.0 Å². The minimum Gasteiger partial charge on any atom is -0.449 e. The Labute approximate surface area is 139 Å². The average molecular weight is 327 g/mol. The monoisotopic (exact) mass is 327 g/mol. The average Bonchev–Trinajstić information content (AvgIpc) is 3.04. The number of hydrogen-bond acceptors (Lipinski definition) is 3. The van der Waals surface area contributed by atoms with Crippen LogP contribution in [-0.4, -0.2) is 18.0 Å². The number of rotatable bonds is 4. The van der Waals surface area contributed by atoms with E-state index < -0.39 is 23.8 Å². The Morgan fingerprint density at radius 1 is 1.12 bits per heavy atom. The summed E-state index contributed by atoms with van der Waals surface area (Å²) in [5.41, 5.74) is 2.91. The number of halogens is 1. The Balaban J connectivity index is 1.63. The van der Waals surface area contributed by atoms with E-state index >= 15 is 0 Å². The van der Waals surface area contributed by atoms with Gasteiger partial charge in [0.05, 0.1) is 11.3 Å². The lowest BCUT2D eigenvalue weighted by atomic mass is 10.1. The van der Waals surface area contributed by atoms with E-state index in [9.17, 15) is 14.0 Å². The van der Waals surface area contributed by atoms with Crippen molar-refractivity contribution in [3.8, 4) is 0 Å². The molecule has 4 nitrogen and oxygen atoms in total. The van der Waals surface area contributed by atoms with Crippen molar-refractivity contribution < 1.29 is 18.7 Å². The number of ether oxygens (including phenoxy) is 1. The van der Waals surface area contributed by atoms with E-state index in [2.05, 4.69) is 5.32 Å². The highest BCUT2D eigenvalue weighted by Crippen LogP contribution is 2.23. The predicted octanol–water partition coefficient (Wildman–Crippen LogP) is 3.50. The fraction of sp³-hybridized carbons (Fsp3) is 0.263. The van der Waals surface area contributed by atoms with E-state index in [1.165, 1.54) is 30.7 Å². The fourth-order valence-corrected chi connectivity index (χ4v) is 2.78. The molecule has 1 atom stereocenters. The van der Waals surface area contributed by atoms with Gasteiger partial charge in [0.2, 0.25) is 0 Å². The maximum Gasteiger partial charge on any atom is 0.338 e. The van der Waals surface area contributed by atoms with Gasteiger partial charge >= 0.3 is 5.97 Å². The molecular formula is C19H18FNO3. The number of para-hydroxylation sites is 1. The number of aryl methyl sites for hydroxylation is 2. The van der Waals surface area contributed by atoms with Crippen molar-refractivity contribution in [1.82, 2.24) is 0 Å². The Morgan fingerprint density at radius 3 is 2.67 bits per heavy atom.